The number of hydrogen-bond acceptors (Lipinski definition) is 3. The Kier molecular flexibility index (Phi) is 3.23. The maximum Gasteiger partial charge on any atom is 0.148 e. The maximum atomic E-state index is 3.98. The Morgan fingerprint density at radius 2 is 1.82 bits per heavy atom. The average molecular weight is 155 g/mol. The SMILES string of the molecule is C=C1N=NC(C)(C)N1C.CC. The Morgan fingerprint density at radius 1 is 1.36 bits per heavy atom. The fourth-order valence-electron chi connectivity index (χ4n) is 0.630. The summed E-state index contributed by atoms with van der Waals surface area (Å²) in [5.74, 6) is 0.736. The lowest BCUT2D eigenvalue weighted by atomic mass is 10.2. The zero-order valence-electron chi connectivity index (χ0n) is 8.05. The van der Waals surface area contributed by atoms with Crippen molar-refractivity contribution < 1.29 is 0 Å². The van der Waals surface area contributed by atoms with Crippen molar-refractivity contribution in [1.29, 1.82) is 0 Å². The van der Waals surface area contributed by atoms with E-state index in [1.807, 2.05) is 39.6 Å². The number of azo groups is 1. The van der Waals surface area contributed by atoms with Crippen LogP contribution in [0.2, 0.25) is 0 Å². The van der Waals surface area contributed by atoms with Gasteiger partial charge in [-0.15, -0.1) is 5.11 Å². The van der Waals surface area contributed by atoms with E-state index in [1.54, 1.807) is 0 Å². The first kappa shape index (κ1) is 10.1. The van der Waals surface area contributed by atoms with Crippen LogP contribution in [-0.2, 0) is 0 Å². The van der Waals surface area contributed by atoms with Crippen LogP contribution in [0.1, 0.15) is 27.7 Å². The molecule has 0 spiro atoms. The van der Waals surface area contributed by atoms with Gasteiger partial charge in [0.2, 0.25) is 0 Å². The fraction of sp³-hybridized carbons (Fsp3) is 0.750. The number of nitrogens with zero attached hydrogens (tertiary/aromatic N) is 3. The average Bonchev–Trinajstić information content (AvgIpc) is 2.21. The van der Waals surface area contributed by atoms with Gasteiger partial charge in [0.25, 0.3) is 0 Å². The molecule has 0 fully saturated rings. The third-order valence-corrected chi connectivity index (χ3v) is 1.62. The van der Waals surface area contributed by atoms with Crippen LogP contribution in [0.4, 0.5) is 0 Å². The van der Waals surface area contributed by atoms with E-state index in [0.717, 1.165) is 5.82 Å². The van der Waals surface area contributed by atoms with Crippen molar-refractivity contribution in [2.45, 2.75) is 33.4 Å². The van der Waals surface area contributed by atoms with Crippen LogP contribution in [0.5, 0.6) is 0 Å². The molecule has 0 radical (unpaired) electrons. The van der Waals surface area contributed by atoms with E-state index in [9.17, 15) is 0 Å². The van der Waals surface area contributed by atoms with Gasteiger partial charge in [0.1, 0.15) is 11.5 Å². The van der Waals surface area contributed by atoms with Crippen molar-refractivity contribution in [2.24, 2.45) is 10.2 Å². The molecular weight excluding hydrogens is 138 g/mol. The molecule has 1 aliphatic rings. The fourth-order valence-corrected chi connectivity index (χ4v) is 0.630. The molecule has 0 saturated heterocycles. The first-order chi connectivity index (χ1) is 5.04. The first-order valence-electron chi connectivity index (χ1n) is 3.90. The third kappa shape index (κ3) is 2.03. The van der Waals surface area contributed by atoms with E-state index in [1.165, 1.54) is 0 Å². The van der Waals surface area contributed by atoms with Gasteiger partial charge >= 0.3 is 0 Å². The first-order valence-corrected chi connectivity index (χ1v) is 3.90. The van der Waals surface area contributed by atoms with Gasteiger partial charge in [0.05, 0.1) is 0 Å². The lowest BCUT2D eigenvalue weighted by Gasteiger charge is -2.24. The molecule has 0 unspecified atom stereocenters. The Hall–Kier alpha value is -0.860. The highest BCUT2D eigenvalue weighted by Crippen LogP contribution is 2.26. The molecule has 11 heavy (non-hydrogen) atoms. The second-order valence-electron chi connectivity index (χ2n) is 2.67. The molecule has 0 aliphatic carbocycles. The second-order valence-corrected chi connectivity index (χ2v) is 2.67. The molecule has 0 N–H and O–H groups in total. The predicted octanol–water partition coefficient (Wildman–Crippen LogP) is 2.62. The minimum absolute atomic E-state index is 0.183. The highest BCUT2D eigenvalue weighted by atomic mass is 15.5. The van der Waals surface area contributed by atoms with E-state index in [4.69, 9.17) is 0 Å². The zero-order valence-corrected chi connectivity index (χ0v) is 8.05. The van der Waals surface area contributed by atoms with Gasteiger partial charge in [0.15, 0.2) is 0 Å². The van der Waals surface area contributed by atoms with Crippen molar-refractivity contribution in [3.05, 3.63) is 12.4 Å². The molecule has 3 heteroatoms. The van der Waals surface area contributed by atoms with Gasteiger partial charge in [0, 0.05) is 7.05 Å². The minimum atomic E-state index is -0.183. The van der Waals surface area contributed by atoms with Crippen LogP contribution in [0.15, 0.2) is 22.6 Å². The summed E-state index contributed by atoms with van der Waals surface area (Å²) in [6.07, 6.45) is 0. The molecule has 0 atom stereocenters. The van der Waals surface area contributed by atoms with Crippen LogP contribution < -0.4 is 0 Å². The highest BCUT2D eigenvalue weighted by Gasteiger charge is 2.28. The third-order valence-electron chi connectivity index (χ3n) is 1.62. The summed E-state index contributed by atoms with van der Waals surface area (Å²) in [4.78, 5) is 1.94. The lowest BCUT2D eigenvalue weighted by Crippen LogP contribution is -2.33. The standard InChI is InChI=1S/C6H11N3.C2H6/c1-5-7-8-6(2,3)9(5)4;1-2/h1H2,2-4H3;1-2H3. The highest BCUT2D eigenvalue weighted by molar-refractivity contribution is 5.00. The van der Waals surface area contributed by atoms with Crippen LogP contribution in [0.25, 0.3) is 0 Å². The molecule has 0 saturated carbocycles. The van der Waals surface area contributed by atoms with E-state index < -0.39 is 0 Å². The molecule has 1 aliphatic heterocycles. The van der Waals surface area contributed by atoms with Gasteiger partial charge in [-0.1, -0.05) is 20.4 Å². The molecular formula is C8H17N3. The molecule has 0 aromatic carbocycles. The molecule has 64 valence electrons. The molecule has 1 heterocycles. The van der Waals surface area contributed by atoms with Gasteiger partial charge in [-0.05, 0) is 13.8 Å². The summed E-state index contributed by atoms with van der Waals surface area (Å²) >= 11 is 0. The maximum absolute atomic E-state index is 3.98. The van der Waals surface area contributed by atoms with E-state index in [-0.39, 0.29) is 5.66 Å². The van der Waals surface area contributed by atoms with Crippen LogP contribution in [0.3, 0.4) is 0 Å². The van der Waals surface area contributed by atoms with Crippen molar-refractivity contribution in [3.8, 4) is 0 Å². The van der Waals surface area contributed by atoms with Crippen molar-refractivity contribution in [3.63, 3.8) is 0 Å². The smallest absolute Gasteiger partial charge is 0.148 e. The number of hydrogen-bond donors (Lipinski definition) is 0. The topological polar surface area (TPSA) is 28.0 Å². The number of rotatable bonds is 0. The Morgan fingerprint density at radius 3 is 1.91 bits per heavy atom. The summed E-state index contributed by atoms with van der Waals surface area (Å²) in [6, 6.07) is 0. The summed E-state index contributed by atoms with van der Waals surface area (Å²) in [6.45, 7) is 11.7. The monoisotopic (exact) mass is 155 g/mol. The van der Waals surface area contributed by atoms with Gasteiger partial charge in [-0.2, -0.15) is 5.11 Å². The molecule has 0 amide bonds. The van der Waals surface area contributed by atoms with E-state index in [0.29, 0.717) is 0 Å². The summed E-state index contributed by atoms with van der Waals surface area (Å²) in [7, 11) is 1.93. The second kappa shape index (κ2) is 3.51. The largest absolute Gasteiger partial charge is 0.333 e. The normalized spacial score (nSPS) is 19.7. The Labute approximate surface area is 68.8 Å². The minimum Gasteiger partial charge on any atom is -0.333 e. The summed E-state index contributed by atoms with van der Waals surface area (Å²) < 4.78 is 0. The predicted molar refractivity (Wildman–Crippen MR) is 47.2 cm³/mol. The quantitative estimate of drug-likeness (QED) is 0.528. The summed E-state index contributed by atoms with van der Waals surface area (Å²) in [5, 5.41) is 7.81. The van der Waals surface area contributed by atoms with Crippen molar-refractivity contribution >= 4 is 0 Å². The molecule has 0 aromatic rings. The van der Waals surface area contributed by atoms with Crippen LogP contribution >= 0.6 is 0 Å². The zero-order chi connectivity index (χ0) is 9.07. The molecule has 3 nitrogen and oxygen atoms in total. The van der Waals surface area contributed by atoms with Gasteiger partial charge in [-0.3, -0.25) is 0 Å². The van der Waals surface area contributed by atoms with Crippen molar-refractivity contribution in [1.82, 2.24) is 4.90 Å². The molecule has 1 rings (SSSR count). The van der Waals surface area contributed by atoms with Crippen LogP contribution in [-0.4, -0.2) is 17.6 Å². The molecule has 0 aromatic heterocycles. The van der Waals surface area contributed by atoms with Gasteiger partial charge < -0.3 is 4.90 Å². The lowest BCUT2D eigenvalue weighted by molar-refractivity contribution is 0.245. The van der Waals surface area contributed by atoms with Crippen LogP contribution in [0, 0.1) is 0 Å². The van der Waals surface area contributed by atoms with E-state index >= 15 is 0 Å². The molecule has 0 bridgehead atoms. The Balaban J connectivity index is 0.000000461. The Bertz CT molecular complexity index is 170. The van der Waals surface area contributed by atoms with Gasteiger partial charge in [-0.25, -0.2) is 0 Å². The van der Waals surface area contributed by atoms with E-state index in [2.05, 4.69) is 16.8 Å². The van der Waals surface area contributed by atoms with Crippen molar-refractivity contribution in [2.75, 3.05) is 7.05 Å². The summed E-state index contributed by atoms with van der Waals surface area (Å²) in [5.41, 5.74) is -0.183.